The molecular weight excluding hydrogens is 148 g/mol. The van der Waals surface area contributed by atoms with Gasteiger partial charge in [0.15, 0.2) is 5.78 Å². The van der Waals surface area contributed by atoms with Gasteiger partial charge in [-0.15, -0.1) is 6.58 Å². The van der Waals surface area contributed by atoms with E-state index in [1.54, 1.807) is 6.08 Å². The van der Waals surface area contributed by atoms with E-state index in [1.165, 1.54) is 0 Å². The lowest BCUT2D eigenvalue weighted by atomic mass is 10.1. The zero-order chi connectivity index (χ0) is 9.56. The molecule has 0 atom stereocenters. The number of hydrogen-bond acceptors (Lipinski definition) is 1. The summed E-state index contributed by atoms with van der Waals surface area (Å²) < 4.78 is 0. The van der Waals surface area contributed by atoms with Gasteiger partial charge in [0.2, 0.25) is 0 Å². The van der Waals surface area contributed by atoms with Crippen LogP contribution in [-0.2, 0) is 4.79 Å². The van der Waals surface area contributed by atoms with E-state index < -0.39 is 0 Å². The molecule has 0 aliphatic rings. The summed E-state index contributed by atoms with van der Waals surface area (Å²) in [6, 6.07) is 0. The van der Waals surface area contributed by atoms with Gasteiger partial charge in [-0.1, -0.05) is 11.1 Å². The summed E-state index contributed by atoms with van der Waals surface area (Å²) in [6.45, 7) is 9.66. The molecule has 0 rings (SSSR count). The van der Waals surface area contributed by atoms with Crippen LogP contribution >= 0.6 is 0 Å². The van der Waals surface area contributed by atoms with E-state index in [1.807, 2.05) is 20.8 Å². The zero-order valence-corrected chi connectivity index (χ0v) is 8.31. The first-order valence-electron chi connectivity index (χ1n) is 4.34. The van der Waals surface area contributed by atoms with Crippen LogP contribution in [0.15, 0.2) is 23.8 Å². The fourth-order valence-corrected chi connectivity index (χ4v) is 0.959. The topological polar surface area (TPSA) is 17.1 Å². The van der Waals surface area contributed by atoms with E-state index in [0.717, 1.165) is 24.0 Å². The highest BCUT2D eigenvalue weighted by molar-refractivity contribution is 5.90. The molecule has 0 bridgehead atoms. The fraction of sp³-hybridized carbons (Fsp3) is 0.545. The third-order valence-corrected chi connectivity index (χ3v) is 1.48. The molecule has 0 saturated heterocycles. The van der Waals surface area contributed by atoms with Crippen molar-refractivity contribution in [3.63, 3.8) is 0 Å². The molecule has 0 fully saturated rings. The van der Waals surface area contributed by atoms with Crippen molar-refractivity contribution in [2.24, 2.45) is 0 Å². The first-order valence-corrected chi connectivity index (χ1v) is 4.34. The van der Waals surface area contributed by atoms with Crippen molar-refractivity contribution < 1.29 is 4.79 Å². The summed E-state index contributed by atoms with van der Waals surface area (Å²) in [7, 11) is 0. The quantitative estimate of drug-likeness (QED) is 0.452. The van der Waals surface area contributed by atoms with Crippen LogP contribution in [0.4, 0.5) is 0 Å². The molecule has 0 unspecified atom stereocenters. The first kappa shape index (κ1) is 11.2. The summed E-state index contributed by atoms with van der Waals surface area (Å²) in [5, 5.41) is 0. The predicted octanol–water partition coefficient (Wildman–Crippen LogP) is 3.27. The highest BCUT2D eigenvalue weighted by Crippen LogP contribution is 2.05. The van der Waals surface area contributed by atoms with Crippen LogP contribution in [0.3, 0.4) is 0 Å². The lowest BCUT2D eigenvalue weighted by molar-refractivity contribution is -0.114. The molecule has 0 aromatic carbocycles. The number of carbonyl (C=O) groups excluding carboxylic acids is 1. The van der Waals surface area contributed by atoms with E-state index in [4.69, 9.17) is 0 Å². The van der Waals surface area contributed by atoms with E-state index in [9.17, 15) is 4.79 Å². The minimum Gasteiger partial charge on any atom is -0.295 e. The van der Waals surface area contributed by atoms with E-state index in [0.29, 0.717) is 6.42 Å². The number of rotatable bonds is 5. The van der Waals surface area contributed by atoms with Gasteiger partial charge >= 0.3 is 0 Å². The van der Waals surface area contributed by atoms with Crippen LogP contribution in [0.5, 0.6) is 0 Å². The summed E-state index contributed by atoms with van der Waals surface area (Å²) in [4.78, 5) is 11.1. The van der Waals surface area contributed by atoms with Gasteiger partial charge in [-0.3, -0.25) is 4.79 Å². The highest BCUT2D eigenvalue weighted by Gasteiger charge is 1.96. The van der Waals surface area contributed by atoms with Crippen molar-refractivity contribution >= 4 is 5.78 Å². The average Bonchev–Trinajstić information content (AvgIpc) is 1.84. The molecule has 0 radical (unpaired) electrons. The summed E-state index contributed by atoms with van der Waals surface area (Å²) >= 11 is 0. The number of hydrogen-bond donors (Lipinski definition) is 0. The van der Waals surface area contributed by atoms with Crippen molar-refractivity contribution in [3.05, 3.63) is 23.8 Å². The Morgan fingerprint density at radius 2 is 1.83 bits per heavy atom. The maximum atomic E-state index is 11.1. The minimum atomic E-state index is 0.233. The van der Waals surface area contributed by atoms with Crippen LogP contribution in [0, 0.1) is 0 Å². The Balaban J connectivity index is 3.59. The van der Waals surface area contributed by atoms with E-state index in [-0.39, 0.29) is 5.78 Å². The van der Waals surface area contributed by atoms with Gasteiger partial charge in [-0.2, -0.15) is 0 Å². The molecule has 0 aromatic rings. The van der Waals surface area contributed by atoms with E-state index in [2.05, 4.69) is 6.58 Å². The van der Waals surface area contributed by atoms with Gasteiger partial charge in [-0.25, -0.2) is 0 Å². The van der Waals surface area contributed by atoms with Crippen LogP contribution in [0.2, 0.25) is 0 Å². The van der Waals surface area contributed by atoms with Gasteiger partial charge in [-0.05, 0) is 39.7 Å². The molecule has 12 heavy (non-hydrogen) atoms. The SMILES string of the molecule is C=C(C)CCCC(=O)C=C(C)C. The first-order chi connectivity index (χ1) is 5.52. The van der Waals surface area contributed by atoms with Gasteiger partial charge in [0.1, 0.15) is 0 Å². The molecule has 1 heteroatoms. The van der Waals surface area contributed by atoms with Gasteiger partial charge < -0.3 is 0 Å². The molecule has 0 aromatic heterocycles. The molecule has 0 aliphatic heterocycles. The number of carbonyl (C=O) groups is 1. The van der Waals surface area contributed by atoms with Crippen molar-refractivity contribution in [1.29, 1.82) is 0 Å². The Hall–Kier alpha value is -0.850. The molecule has 0 aliphatic carbocycles. The average molecular weight is 166 g/mol. The van der Waals surface area contributed by atoms with Gasteiger partial charge in [0.25, 0.3) is 0 Å². The number of allylic oxidation sites excluding steroid dienone is 3. The second-order valence-corrected chi connectivity index (χ2v) is 3.50. The Bertz CT molecular complexity index is 195. The van der Waals surface area contributed by atoms with Crippen molar-refractivity contribution in [3.8, 4) is 0 Å². The van der Waals surface area contributed by atoms with Crippen LogP contribution in [0.1, 0.15) is 40.0 Å². The Morgan fingerprint density at radius 3 is 2.25 bits per heavy atom. The second kappa shape index (κ2) is 5.76. The molecule has 0 spiro atoms. The summed E-state index contributed by atoms with van der Waals surface area (Å²) in [5.41, 5.74) is 2.23. The fourth-order valence-electron chi connectivity index (χ4n) is 0.959. The van der Waals surface area contributed by atoms with Gasteiger partial charge in [0, 0.05) is 6.42 Å². The third-order valence-electron chi connectivity index (χ3n) is 1.48. The molecule has 1 nitrogen and oxygen atoms in total. The zero-order valence-electron chi connectivity index (χ0n) is 8.31. The summed E-state index contributed by atoms with van der Waals surface area (Å²) in [5.74, 6) is 0.233. The van der Waals surface area contributed by atoms with E-state index >= 15 is 0 Å². The lowest BCUT2D eigenvalue weighted by Gasteiger charge is -1.97. The molecule has 0 N–H and O–H groups in total. The standard InChI is InChI=1S/C11H18O/c1-9(2)6-5-7-11(12)8-10(3)4/h8H,1,5-7H2,2-4H3. The maximum Gasteiger partial charge on any atom is 0.155 e. The lowest BCUT2D eigenvalue weighted by Crippen LogP contribution is -1.93. The second-order valence-electron chi connectivity index (χ2n) is 3.50. The Morgan fingerprint density at radius 1 is 1.25 bits per heavy atom. The Kier molecular flexibility index (Phi) is 5.35. The highest BCUT2D eigenvalue weighted by atomic mass is 16.1. The molecule has 0 amide bonds. The van der Waals surface area contributed by atoms with Crippen LogP contribution in [0.25, 0.3) is 0 Å². The Labute approximate surface area is 75.2 Å². The van der Waals surface area contributed by atoms with Crippen LogP contribution in [-0.4, -0.2) is 5.78 Å². The smallest absolute Gasteiger partial charge is 0.155 e. The molecule has 0 saturated carbocycles. The normalized spacial score (nSPS) is 9.25. The monoisotopic (exact) mass is 166 g/mol. The largest absolute Gasteiger partial charge is 0.295 e. The maximum absolute atomic E-state index is 11.1. The van der Waals surface area contributed by atoms with Crippen molar-refractivity contribution in [2.75, 3.05) is 0 Å². The summed E-state index contributed by atoms with van der Waals surface area (Å²) in [6.07, 6.45) is 4.25. The van der Waals surface area contributed by atoms with Crippen molar-refractivity contribution in [2.45, 2.75) is 40.0 Å². The minimum absolute atomic E-state index is 0.233. The number of ketones is 1. The van der Waals surface area contributed by atoms with Crippen LogP contribution < -0.4 is 0 Å². The predicted molar refractivity (Wildman–Crippen MR) is 53.1 cm³/mol. The third kappa shape index (κ3) is 7.26. The van der Waals surface area contributed by atoms with Crippen molar-refractivity contribution in [1.82, 2.24) is 0 Å². The van der Waals surface area contributed by atoms with Gasteiger partial charge in [0.05, 0.1) is 0 Å². The molecule has 68 valence electrons. The molecular formula is C11H18O. The molecule has 0 heterocycles.